The molecule has 0 bridgehead atoms. The second-order valence-electron chi connectivity index (χ2n) is 6.36. The van der Waals surface area contributed by atoms with Crippen LogP contribution in [0.15, 0.2) is 31.0 Å². The molecule has 0 aliphatic carbocycles. The molecule has 0 saturated heterocycles. The van der Waals surface area contributed by atoms with Gasteiger partial charge in [-0.2, -0.15) is 5.10 Å². The zero-order valence-corrected chi connectivity index (χ0v) is 14.9. The van der Waals surface area contributed by atoms with Gasteiger partial charge in [-0.15, -0.1) is 5.54 Å². The lowest BCUT2D eigenvalue weighted by Crippen LogP contribution is -2.16. The lowest BCUT2D eigenvalue weighted by Gasteiger charge is -2.02. The maximum Gasteiger partial charge on any atom is 0.425 e. The van der Waals surface area contributed by atoms with Crippen molar-refractivity contribution in [2.45, 2.75) is 19.6 Å². The molecule has 0 aliphatic rings. The zero-order chi connectivity index (χ0) is 17.3. The smallest absolute Gasteiger partial charge is 0.406 e. The number of fused-ring (bicyclic) bond motifs is 1. The average molecular weight is 339 g/mol. The number of rotatable bonds is 1. The summed E-state index contributed by atoms with van der Waals surface area (Å²) in [5.74, 6) is 3.50. The molecule has 3 aromatic heterocycles. The number of hydrogen-bond acceptors (Lipinski definition) is 5. The van der Waals surface area contributed by atoms with Gasteiger partial charge in [-0.3, -0.25) is 4.68 Å². The molecule has 0 amide bonds. The van der Waals surface area contributed by atoms with Crippen LogP contribution in [-0.4, -0.2) is 38.5 Å². The second kappa shape index (κ2) is 5.94. The highest BCUT2D eigenvalue weighted by molar-refractivity contribution is 6.83. The molecule has 0 aromatic carbocycles. The van der Waals surface area contributed by atoms with Crippen molar-refractivity contribution >= 4 is 25.3 Å². The standard InChI is InChI=1S/C16H17N5O2Si/c1-20-11-13(9-19-20)23-16(22)21-10-12(5-8-24(2,3)4)14-15(21)18-7-6-17-14/h6-7,9-11H,1-4H3. The van der Waals surface area contributed by atoms with Crippen molar-refractivity contribution < 1.29 is 9.53 Å². The van der Waals surface area contributed by atoms with Crippen LogP contribution in [0.4, 0.5) is 4.79 Å². The minimum atomic E-state index is -1.55. The number of aryl methyl sites for hydroxylation is 1. The second-order valence-corrected chi connectivity index (χ2v) is 11.1. The van der Waals surface area contributed by atoms with Gasteiger partial charge in [0.05, 0.1) is 18.0 Å². The van der Waals surface area contributed by atoms with Gasteiger partial charge in [-0.1, -0.05) is 25.6 Å². The van der Waals surface area contributed by atoms with E-state index in [9.17, 15) is 4.79 Å². The van der Waals surface area contributed by atoms with Crippen molar-refractivity contribution in [2.75, 3.05) is 0 Å². The molecule has 122 valence electrons. The third-order valence-electron chi connectivity index (χ3n) is 3.08. The number of nitrogens with zero attached hydrogens (tertiary/aromatic N) is 5. The Morgan fingerprint density at radius 3 is 2.62 bits per heavy atom. The molecule has 3 aromatic rings. The molecule has 24 heavy (non-hydrogen) atoms. The van der Waals surface area contributed by atoms with Gasteiger partial charge < -0.3 is 4.74 Å². The van der Waals surface area contributed by atoms with E-state index in [4.69, 9.17) is 4.74 Å². The van der Waals surface area contributed by atoms with Crippen molar-refractivity contribution in [3.8, 4) is 17.2 Å². The fraction of sp³-hybridized carbons (Fsp3) is 0.250. The summed E-state index contributed by atoms with van der Waals surface area (Å²) < 4.78 is 8.20. The summed E-state index contributed by atoms with van der Waals surface area (Å²) in [5, 5.41) is 3.97. The fourth-order valence-electron chi connectivity index (χ4n) is 2.04. The molecule has 0 atom stereocenters. The predicted molar refractivity (Wildman–Crippen MR) is 92.4 cm³/mol. The Bertz CT molecular complexity index is 972. The predicted octanol–water partition coefficient (Wildman–Crippen LogP) is 2.44. The summed E-state index contributed by atoms with van der Waals surface area (Å²) in [6.07, 6.45) is 7.25. The van der Waals surface area contributed by atoms with Crippen LogP contribution < -0.4 is 4.74 Å². The van der Waals surface area contributed by atoms with E-state index in [0.29, 0.717) is 22.5 Å². The molecular formula is C16H17N5O2Si. The fourth-order valence-corrected chi connectivity index (χ4v) is 2.54. The highest BCUT2D eigenvalue weighted by atomic mass is 28.3. The van der Waals surface area contributed by atoms with E-state index < -0.39 is 14.2 Å². The summed E-state index contributed by atoms with van der Waals surface area (Å²) in [7, 11) is 0.199. The lowest BCUT2D eigenvalue weighted by atomic mass is 10.3. The van der Waals surface area contributed by atoms with Crippen LogP contribution in [0.2, 0.25) is 19.6 Å². The van der Waals surface area contributed by atoms with Gasteiger partial charge in [-0.05, 0) is 0 Å². The third kappa shape index (κ3) is 3.36. The first-order valence-electron chi connectivity index (χ1n) is 7.39. The summed E-state index contributed by atoms with van der Waals surface area (Å²) in [6, 6.07) is 0. The molecule has 0 spiro atoms. The number of aromatic nitrogens is 5. The van der Waals surface area contributed by atoms with E-state index in [1.165, 1.54) is 17.0 Å². The van der Waals surface area contributed by atoms with Gasteiger partial charge >= 0.3 is 6.09 Å². The summed E-state index contributed by atoms with van der Waals surface area (Å²) in [6.45, 7) is 6.46. The molecule has 0 N–H and O–H groups in total. The first kappa shape index (κ1) is 16.0. The van der Waals surface area contributed by atoms with Gasteiger partial charge in [0, 0.05) is 25.6 Å². The first-order chi connectivity index (χ1) is 11.3. The maximum absolute atomic E-state index is 12.4. The Morgan fingerprint density at radius 1 is 1.21 bits per heavy atom. The molecule has 0 aliphatic heterocycles. The van der Waals surface area contributed by atoms with E-state index in [2.05, 4.69) is 46.2 Å². The Morgan fingerprint density at radius 2 is 1.96 bits per heavy atom. The molecular weight excluding hydrogens is 322 g/mol. The lowest BCUT2D eigenvalue weighted by molar-refractivity contribution is 0.203. The van der Waals surface area contributed by atoms with Crippen molar-refractivity contribution in [1.82, 2.24) is 24.3 Å². The van der Waals surface area contributed by atoms with Gasteiger partial charge in [0.15, 0.2) is 11.4 Å². The Balaban J connectivity index is 2.01. The van der Waals surface area contributed by atoms with Crippen LogP contribution in [0.5, 0.6) is 5.75 Å². The van der Waals surface area contributed by atoms with Crippen molar-refractivity contribution in [2.24, 2.45) is 7.05 Å². The molecule has 0 saturated carbocycles. The molecule has 8 heteroatoms. The van der Waals surface area contributed by atoms with Gasteiger partial charge in [0.1, 0.15) is 13.6 Å². The van der Waals surface area contributed by atoms with Crippen LogP contribution >= 0.6 is 0 Å². The van der Waals surface area contributed by atoms with Crippen LogP contribution in [-0.2, 0) is 7.05 Å². The van der Waals surface area contributed by atoms with Crippen molar-refractivity contribution in [1.29, 1.82) is 0 Å². The zero-order valence-electron chi connectivity index (χ0n) is 13.9. The summed E-state index contributed by atoms with van der Waals surface area (Å²) >= 11 is 0. The highest BCUT2D eigenvalue weighted by Gasteiger charge is 2.17. The summed E-state index contributed by atoms with van der Waals surface area (Å²) in [5.41, 5.74) is 4.96. The maximum atomic E-state index is 12.4. The number of carbonyl (C=O) groups is 1. The van der Waals surface area contributed by atoms with Crippen molar-refractivity contribution in [3.05, 3.63) is 36.5 Å². The van der Waals surface area contributed by atoms with Crippen molar-refractivity contribution in [3.63, 3.8) is 0 Å². The first-order valence-corrected chi connectivity index (χ1v) is 10.9. The molecule has 7 nitrogen and oxygen atoms in total. The van der Waals surface area contributed by atoms with E-state index in [0.717, 1.165) is 0 Å². The summed E-state index contributed by atoms with van der Waals surface area (Å²) in [4.78, 5) is 21.0. The minimum absolute atomic E-state index is 0.364. The average Bonchev–Trinajstić information content (AvgIpc) is 3.08. The Labute approximate surface area is 140 Å². The van der Waals surface area contributed by atoms with Crippen LogP contribution in [0.1, 0.15) is 5.56 Å². The molecule has 0 radical (unpaired) electrons. The van der Waals surface area contributed by atoms with E-state index >= 15 is 0 Å². The van der Waals surface area contributed by atoms with Gasteiger partial charge in [-0.25, -0.2) is 19.3 Å². The monoisotopic (exact) mass is 339 g/mol. The van der Waals surface area contributed by atoms with Crippen LogP contribution in [0, 0.1) is 11.5 Å². The Kier molecular flexibility index (Phi) is 3.95. The molecule has 3 heterocycles. The van der Waals surface area contributed by atoms with Gasteiger partial charge in [0.2, 0.25) is 0 Å². The molecule has 0 fully saturated rings. The van der Waals surface area contributed by atoms with E-state index in [1.54, 1.807) is 30.3 Å². The topological polar surface area (TPSA) is 74.8 Å². The van der Waals surface area contributed by atoms with E-state index in [-0.39, 0.29) is 0 Å². The number of hydrogen-bond donors (Lipinski definition) is 0. The Hall–Kier alpha value is -2.92. The molecule has 3 rings (SSSR count). The quantitative estimate of drug-likeness (QED) is 0.503. The minimum Gasteiger partial charge on any atom is -0.406 e. The van der Waals surface area contributed by atoms with Crippen LogP contribution in [0.25, 0.3) is 11.2 Å². The largest absolute Gasteiger partial charge is 0.425 e. The normalized spacial score (nSPS) is 11.2. The van der Waals surface area contributed by atoms with E-state index in [1.807, 2.05) is 0 Å². The third-order valence-corrected chi connectivity index (χ3v) is 3.95. The number of ether oxygens (including phenoxy) is 1. The highest BCUT2D eigenvalue weighted by Crippen LogP contribution is 2.18. The van der Waals surface area contributed by atoms with Gasteiger partial charge in [0.25, 0.3) is 0 Å². The molecule has 0 unspecified atom stereocenters. The SMILES string of the molecule is Cn1cc(OC(=O)n2cc(C#C[Si](C)(C)C)c3nccnc32)cn1. The number of carbonyl (C=O) groups excluding carboxylic acids is 1. The van der Waals surface area contributed by atoms with Crippen LogP contribution in [0.3, 0.4) is 0 Å².